The smallest absolute Gasteiger partial charge is 0.306 e. The monoisotopic (exact) mass is 823 g/mol. The minimum Gasteiger partial charge on any atom is -0.496 e. The quantitative estimate of drug-likeness (QED) is 0.208. The first-order valence-electron chi connectivity index (χ1n) is 21.2. The van der Waals surface area contributed by atoms with Gasteiger partial charge in [-0.2, -0.15) is 0 Å². The molecule has 3 aromatic rings. The lowest BCUT2D eigenvalue weighted by atomic mass is 9.90. The summed E-state index contributed by atoms with van der Waals surface area (Å²) in [6.45, 7) is 0.313. The zero-order valence-electron chi connectivity index (χ0n) is 33.6. The van der Waals surface area contributed by atoms with Gasteiger partial charge >= 0.3 is 5.97 Å². The number of allylic oxidation sites excluding steroid dienone is 3. The van der Waals surface area contributed by atoms with Gasteiger partial charge in [0.15, 0.2) is 5.78 Å². The van der Waals surface area contributed by atoms with Crippen LogP contribution < -0.4 is 14.2 Å². The van der Waals surface area contributed by atoms with E-state index >= 15 is 0 Å². The lowest BCUT2D eigenvalue weighted by Crippen LogP contribution is -2.46. The molecular weight excluding hydrogens is 771 g/mol. The van der Waals surface area contributed by atoms with Crippen LogP contribution >= 0.6 is 0 Å². The van der Waals surface area contributed by atoms with Crippen molar-refractivity contribution in [3.8, 4) is 22.8 Å². The number of pyridine rings is 1. The molecule has 312 valence electrons. The van der Waals surface area contributed by atoms with Gasteiger partial charge in [-0.3, -0.25) is 23.9 Å². The van der Waals surface area contributed by atoms with Crippen molar-refractivity contribution in [1.29, 1.82) is 0 Å². The molecule has 1 aromatic heterocycles. The van der Waals surface area contributed by atoms with E-state index in [4.69, 9.17) is 19.2 Å². The molecule has 13 heteroatoms. The van der Waals surface area contributed by atoms with E-state index < -0.39 is 50.6 Å². The Morgan fingerprint density at radius 3 is 2.56 bits per heavy atom. The normalized spacial score (nSPS) is 28.2. The number of amides is 2. The van der Waals surface area contributed by atoms with Crippen LogP contribution in [0.5, 0.6) is 11.5 Å². The van der Waals surface area contributed by atoms with E-state index in [1.807, 2.05) is 66.8 Å². The number of carbonyl (C=O) groups excluding carboxylic acids is 4. The molecule has 0 spiro atoms. The van der Waals surface area contributed by atoms with Crippen LogP contribution in [0.2, 0.25) is 0 Å². The number of hydrogen-bond acceptors (Lipinski definition) is 10. The number of ether oxygens (including phenoxy) is 3. The molecule has 59 heavy (non-hydrogen) atoms. The number of nitrogens with one attached hydrogen (secondary N) is 1. The molecule has 0 radical (unpaired) electrons. The number of cyclic esters (lactones) is 1. The van der Waals surface area contributed by atoms with Crippen LogP contribution in [0.4, 0.5) is 0 Å². The van der Waals surface area contributed by atoms with Crippen molar-refractivity contribution in [1.82, 2.24) is 14.6 Å². The number of carbonyl (C=O) groups is 4. The number of Topliss-reactive ketones (excluding diaryl/α,β-unsaturated/α-hetero) is 1. The molecule has 12 nitrogen and oxygen atoms in total. The Hall–Kier alpha value is -5.04. The molecule has 4 heterocycles. The van der Waals surface area contributed by atoms with E-state index in [0.29, 0.717) is 61.2 Å². The molecule has 3 aliphatic heterocycles. The number of rotatable bonds is 5. The molecule has 1 saturated heterocycles. The van der Waals surface area contributed by atoms with Crippen LogP contribution in [0.15, 0.2) is 66.8 Å². The standard InChI is InChI=1S/C46H53N3O9S/c1-56-41-26-38-36-22-31(41)16-8-5-6-13-21-57-43(51)23-32-17-9-3-2-4-12-18-33-27-46(33,45(53)48-59(54,55)35-19-20-35)28-40(50)39-24-34(29-49(39)44(32)52)58-42(36)25-37(47-38)30-14-10-7-11-15-30/h7-8,10-12,14-16,18,22,25-26,32-35,39H,2-6,9,13,17,19-21,23-24,27-29H2,1H3,(H,48,53)/b16-8+,18-12-/t32-,33-,34-,39+,46-/m1/s1. The van der Waals surface area contributed by atoms with Crippen LogP contribution in [-0.4, -0.2) is 79.5 Å². The summed E-state index contributed by atoms with van der Waals surface area (Å²) >= 11 is 0. The average Bonchev–Trinajstić information content (AvgIpc) is 4.15. The van der Waals surface area contributed by atoms with Crippen molar-refractivity contribution in [3.63, 3.8) is 0 Å². The molecule has 5 bridgehead atoms. The maximum absolute atomic E-state index is 14.8. The van der Waals surface area contributed by atoms with E-state index in [2.05, 4.69) is 10.8 Å². The van der Waals surface area contributed by atoms with E-state index in [0.717, 1.165) is 48.6 Å². The van der Waals surface area contributed by atoms with Crippen molar-refractivity contribution < 1.29 is 41.8 Å². The first-order valence-corrected chi connectivity index (χ1v) is 22.7. The molecular formula is C46H53N3O9S. The van der Waals surface area contributed by atoms with Gasteiger partial charge < -0.3 is 19.1 Å². The summed E-state index contributed by atoms with van der Waals surface area (Å²) in [5.41, 5.74) is 1.80. The topological polar surface area (TPSA) is 158 Å². The summed E-state index contributed by atoms with van der Waals surface area (Å²) in [7, 11) is -2.24. The van der Waals surface area contributed by atoms with Crippen molar-refractivity contribution in [2.75, 3.05) is 20.3 Å². The number of methoxy groups -OCH3 is 1. The predicted octanol–water partition coefficient (Wildman–Crippen LogP) is 7.10. The van der Waals surface area contributed by atoms with E-state index in [-0.39, 0.29) is 50.0 Å². The molecule has 1 N–H and O–H groups in total. The number of benzene rings is 2. The van der Waals surface area contributed by atoms with E-state index in [9.17, 15) is 27.6 Å². The molecule has 0 unspecified atom stereocenters. The number of esters is 1. The maximum Gasteiger partial charge on any atom is 0.306 e. The number of aromatic nitrogens is 1. The highest BCUT2D eigenvalue weighted by molar-refractivity contribution is 7.90. The van der Waals surface area contributed by atoms with Gasteiger partial charge in [-0.05, 0) is 69.8 Å². The third-order valence-electron chi connectivity index (χ3n) is 12.6. The summed E-state index contributed by atoms with van der Waals surface area (Å²) in [6, 6.07) is 14.5. The van der Waals surface area contributed by atoms with Gasteiger partial charge in [-0.1, -0.05) is 67.5 Å². The Balaban J connectivity index is 1.18. The van der Waals surface area contributed by atoms with Gasteiger partial charge in [0.2, 0.25) is 21.8 Å². The zero-order chi connectivity index (χ0) is 41.1. The largest absolute Gasteiger partial charge is 0.496 e. The third kappa shape index (κ3) is 9.10. The second-order valence-electron chi connectivity index (χ2n) is 16.8. The van der Waals surface area contributed by atoms with Crippen LogP contribution in [0.25, 0.3) is 28.2 Å². The second-order valence-corrected chi connectivity index (χ2v) is 18.8. The zero-order valence-corrected chi connectivity index (χ0v) is 34.4. The molecule has 3 fully saturated rings. The number of nitrogens with zero attached hydrogens (tertiary/aromatic N) is 2. The van der Waals surface area contributed by atoms with E-state index in [1.54, 1.807) is 12.0 Å². The Bertz CT molecular complexity index is 2270. The Morgan fingerprint density at radius 1 is 0.966 bits per heavy atom. The van der Waals surface area contributed by atoms with Crippen LogP contribution in [0, 0.1) is 17.3 Å². The lowest BCUT2D eigenvalue weighted by molar-refractivity contribution is -0.150. The molecule has 2 saturated carbocycles. The van der Waals surface area contributed by atoms with Crippen molar-refractivity contribution in [2.24, 2.45) is 17.3 Å². The minimum absolute atomic E-state index is 0.0762. The summed E-state index contributed by atoms with van der Waals surface area (Å²) in [4.78, 5) is 63.3. The minimum atomic E-state index is -3.86. The highest BCUT2D eigenvalue weighted by Gasteiger charge is 2.61. The summed E-state index contributed by atoms with van der Waals surface area (Å²) in [6.07, 6.45) is 14.3. The maximum atomic E-state index is 14.8. The second kappa shape index (κ2) is 17.3. The predicted molar refractivity (Wildman–Crippen MR) is 223 cm³/mol. The Labute approximate surface area is 345 Å². The number of ketones is 1. The Morgan fingerprint density at radius 2 is 1.76 bits per heavy atom. The van der Waals surface area contributed by atoms with Crippen molar-refractivity contribution >= 4 is 50.6 Å². The highest BCUT2D eigenvalue weighted by atomic mass is 32.2. The van der Waals surface area contributed by atoms with Crippen molar-refractivity contribution in [2.45, 2.75) is 107 Å². The molecule has 5 aliphatic rings. The van der Waals surface area contributed by atoms with E-state index in [1.165, 1.54) is 0 Å². The van der Waals surface area contributed by atoms with Crippen molar-refractivity contribution in [3.05, 3.63) is 72.3 Å². The molecule has 2 amide bonds. The van der Waals surface area contributed by atoms with Gasteiger partial charge in [0.25, 0.3) is 0 Å². The first-order chi connectivity index (χ1) is 28.5. The van der Waals surface area contributed by atoms with Crippen LogP contribution in [0.3, 0.4) is 0 Å². The number of hydrogen-bond donors (Lipinski definition) is 1. The summed E-state index contributed by atoms with van der Waals surface area (Å²) in [5, 5.41) is 0.142. The SMILES string of the molecule is COc1cc2nc(-c3ccccc3)cc3c2cc1/C=C/CCCCOC(=O)C[C@H]1CCCCC/C=C\[C@@H]2C[C@@]2(C(=O)NS(=O)(=O)C2CC2)CC(=O)[C@@H]2C[C@H](CN2C1=O)O3. The van der Waals surface area contributed by atoms with Gasteiger partial charge in [-0.25, -0.2) is 13.4 Å². The van der Waals surface area contributed by atoms with Crippen LogP contribution in [0.1, 0.15) is 95.5 Å². The van der Waals surface area contributed by atoms with Crippen LogP contribution in [-0.2, 0) is 33.9 Å². The fourth-order valence-electron chi connectivity index (χ4n) is 8.92. The molecule has 2 aromatic carbocycles. The Kier molecular flexibility index (Phi) is 11.9. The van der Waals surface area contributed by atoms with Gasteiger partial charge in [0, 0.05) is 47.4 Å². The highest BCUT2D eigenvalue weighted by Crippen LogP contribution is 2.57. The van der Waals surface area contributed by atoms with Gasteiger partial charge in [0.1, 0.15) is 17.6 Å². The molecule has 8 rings (SSSR count). The van der Waals surface area contributed by atoms with Gasteiger partial charge in [0.05, 0.1) is 54.6 Å². The average molecular weight is 824 g/mol. The van der Waals surface area contributed by atoms with Gasteiger partial charge in [-0.15, -0.1) is 0 Å². The fraction of sp³-hybridized carbons (Fsp3) is 0.500. The fourth-order valence-corrected chi connectivity index (χ4v) is 10.3. The number of sulfonamides is 1. The third-order valence-corrected chi connectivity index (χ3v) is 14.4. The first kappa shape index (κ1) is 40.7. The summed E-state index contributed by atoms with van der Waals surface area (Å²) in [5.74, 6) is -1.61. The summed E-state index contributed by atoms with van der Waals surface area (Å²) < 4.78 is 46.6. The lowest BCUT2D eigenvalue weighted by Gasteiger charge is -2.29. The molecule has 2 aliphatic carbocycles. The molecule has 5 atom stereocenters. The number of fused-ring (bicyclic) bond motifs is 4.